The van der Waals surface area contributed by atoms with Gasteiger partial charge in [-0.25, -0.2) is 9.89 Å². The van der Waals surface area contributed by atoms with Gasteiger partial charge in [0.15, 0.2) is 0 Å². The van der Waals surface area contributed by atoms with E-state index >= 15 is 0 Å². The Morgan fingerprint density at radius 2 is 2.50 bits per heavy atom. The van der Waals surface area contributed by atoms with Crippen molar-refractivity contribution >= 4 is 5.97 Å². The summed E-state index contributed by atoms with van der Waals surface area (Å²) in [5, 5.41) is 9.84. The molecule has 6 heteroatoms. The number of carbonyl (C=O) groups excluding carboxylic acids is 1. The molecule has 0 saturated carbocycles. The molecule has 2 heterocycles. The molecule has 100 valence electrons. The van der Waals surface area contributed by atoms with Crippen LogP contribution in [0, 0.1) is 5.92 Å². The Hall–Kier alpha value is -1.56. The van der Waals surface area contributed by atoms with Crippen LogP contribution in [0.15, 0.2) is 6.20 Å². The highest BCUT2D eigenvalue weighted by Crippen LogP contribution is 2.18. The van der Waals surface area contributed by atoms with E-state index in [1.807, 2.05) is 0 Å². The Morgan fingerprint density at radius 1 is 1.61 bits per heavy atom. The van der Waals surface area contributed by atoms with E-state index in [2.05, 4.69) is 15.5 Å². The van der Waals surface area contributed by atoms with E-state index in [9.17, 15) is 4.79 Å². The molecule has 1 aromatic heterocycles. The molecule has 0 radical (unpaired) electrons. The largest absolute Gasteiger partial charge is 0.477 e. The van der Waals surface area contributed by atoms with E-state index in [4.69, 9.17) is 9.47 Å². The maximum atomic E-state index is 11.6. The molecule has 6 nitrogen and oxygen atoms in total. The molecular formula is C12H19N3O3. The van der Waals surface area contributed by atoms with Crippen molar-refractivity contribution in [3.05, 3.63) is 11.8 Å². The molecule has 1 aliphatic heterocycles. The summed E-state index contributed by atoms with van der Waals surface area (Å²) in [5.74, 6) is 0.485. The molecule has 1 atom stereocenters. The molecular weight excluding hydrogens is 234 g/mol. The molecule has 0 aromatic carbocycles. The Balaban J connectivity index is 1.88. The van der Waals surface area contributed by atoms with Crippen molar-refractivity contribution in [1.82, 2.24) is 15.5 Å². The first-order valence-corrected chi connectivity index (χ1v) is 6.35. The predicted molar refractivity (Wildman–Crippen MR) is 65.6 cm³/mol. The minimum Gasteiger partial charge on any atom is -0.477 e. The number of aromatic amines is 1. The maximum Gasteiger partial charge on any atom is 0.345 e. The first-order valence-electron chi connectivity index (χ1n) is 6.35. The Bertz CT molecular complexity index is 386. The van der Waals surface area contributed by atoms with Gasteiger partial charge in [0.1, 0.15) is 5.56 Å². The molecule has 0 bridgehead atoms. The fourth-order valence-electron chi connectivity index (χ4n) is 2.01. The first kappa shape index (κ1) is 12.9. The summed E-state index contributed by atoms with van der Waals surface area (Å²) in [6.45, 7) is 4.74. The molecule has 2 rings (SSSR count). The third-order valence-electron chi connectivity index (χ3n) is 2.96. The van der Waals surface area contributed by atoms with Gasteiger partial charge in [-0.15, -0.1) is 0 Å². The number of ether oxygens (including phenoxy) is 2. The highest BCUT2D eigenvalue weighted by Gasteiger charge is 2.19. The molecule has 0 amide bonds. The second-order valence-electron chi connectivity index (χ2n) is 4.36. The van der Waals surface area contributed by atoms with Crippen LogP contribution < -0.4 is 10.1 Å². The summed E-state index contributed by atoms with van der Waals surface area (Å²) in [5.41, 5.74) is 0.362. The van der Waals surface area contributed by atoms with E-state index in [1.54, 1.807) is 6.92 Å². The van der Waals surface area contributed by atoms with Crippen molar-refractivity contribution in [3.63, 3.8) is 0 Å². The molecule has 0 aliphatic carbocycles. The highest BCUT2D eigenvalue weighted by molar-refractivity contribution is 5.91. The van der Waals surface area contributed by atoms with Crippen molar-refractivity contribution in [2.75, 3.05) is 26.3 Å². The third kappa shape index (κ3) is 3.22. The number of aromatic nitrogens is 2. The molecule has 1 aromatic rings. The summed E-state index contributed by atoms with van der Waals surface area (Å²) in [4.78, 5) is 11.6. The Labute approximate surface area is 106 Å². The van der Waals surface area contributed by atoms with E-state index in [-0.39, 0.29) is 0 Å². The van der Waals surface area contributed by atoms with E-state index < -0.39 is 5.97 Å². The summed E-state index contributed by atoms with van der Waals surface area (Å²) in [6.07, 6.45) is 3.75. The number of nitrogens with zero attached hydrogens (tertiary/aromatic N) is 1. The molecule has 0 spiro atoms. The Kier molecular flexibility index (Phi) is 4.58. The number of hydrogen-bond acceptors (Lipinski definition) is 5. The number of nitrogens with one attached hydrogen (secondary N) is 2. The van der Waals surface area contributed by atoms with Gasteiger partial charge in [0.2, 0.25) is 5.88 Å². The Morgan fingerprint density at radius 3 is 3.22 bits per heavy atom. The van der Waals surface area contributed by atoms with Gasteiger partial charge in [0.25, 0.3) is 0 Å². The van der Waals surface area contributed by atoms with Crippen molar-refractivity contribution < 1.29 is 14.3 Å². The summed E-state index contributed by atoms with van der Waals surface area (Å²) < 4.78 is 10.6. The quantitative estimate of drug-likeness (QED) is 0.764. The van der Waals surface area contributed by atoms with E-state index in [0.717, 1.165) is 19.5 Å². The smallest absolute Gasteiger partial charge is 0.345 e. The van der Waals surface area contributed by atoms with Gasteiger partial charge in [-0.05, 0) is 26.3 Å². The van der Waals surface area contributed by atoms with Crippen LogP contribution in [0.3, 0.4) is 0 Å². The van der Waals surface area contributed by atoms with Crippen LogP contribution in [-0.4, -0.2) is 42.5 Å². The van der Waals surface area contributed by atoms with Gasteiger partial charge >= 0.3 is 5.97 Å². The molecule has 1 fully saturated rings. The van der Waals surface area contributed by atoms with Gasteiger partial charge in [0, 0.05) is 12.5 Å². The fourth-order valence-corrected chi connectivity index (χ4v) is 2.01. The standard InChI is InChI=1S/C12H19N3O3/c1-2-17-12(16)10-7-14-15-11(10)18-8-9-4-3-5-13-6-9/h7,9,13H,2-6,8H2,1H3,(H,14,15). The number of rotatable bonds is 5. The van der Waals surface area contributed by atoms with Crippen LogP contribution in [0.1, 0.15) is 30.1 Å². The zero-order valence-electron chi connectivity index (χ0n) is 10.6. The maximum absolute atomic E-state index is 11.6. The third-order valence-corrected chi connectivity index (χ3v) is 2.96. The van der Waals surface area contributed by atoms with Crippen LogP contribution in [-0.2, 0) is 4.74 Å². The summed E-state index contributed by atoms with van der Waals surface area (Å²) in [7, 11) is 0. The van der Waals surface area contributed by atoms with Gasteiger partial charge in [-0.2, -0.15) is 5.10 Å². The molecule has 1 unspecified atom stereocenters. The second-order valence-corrected chi connectivity index (χ2v) is 4.36. The fraction of sp³-hybridized carbons (Fsp3) is 0.667. The number of H-pyrrole nitrogens is 1. The summed E-state index contributed by atoms with van der Waals surface area (Å²) in [6, 6.07) is 0. The lowest BCUT2D eigenvalue weighted by Gasteiger charge is -2.22. The predicted octanol–water partition coefficient (Wildman–Crippen LogP) is 0.965. The zero-order chi connectivity index (χ0) is 12.8. The highest BCUT2D eigenvalue weighted by atomic mass is 16.5. The van der Waals surface area contributed by atoms with Crippen molar-refractivity contribution in [3.8, 4) is 5.88 Å². The van der Waals surface area contributed by atoms with Crippen LogP contribution in [0.4, 0.5) is 0 Å². The topological polar surface area (TPSA) is 76.2 Å². The SMILES string of the molecule is CCOC(=O)c1cn[nH]c1OCC1CCCNC1. The average molecular weight is 253 g/mol. The minimum atomic E-state index is -0.400. The first-order chi connectivity index (χ1) is 8.81. The monoisotopic (exact) mass is 253 g/mol. The van der Waals surface area contributed by atoms with Gasteiger partial charge in [0.05, 0.1) is 19.4 Å². The van der Waals surface area contributed by atoms with Crippen molar-refractivity contribution in [1.29, 1.82) is 0 Å². The lowest BCUT2D eigenvalue weighted by molar-refractivity contribution is 0.0520. The minimum absolute atomic E-state index is 0.343. The zero-order valence-corrected chi connectivity index (χ0v) is 10.6. The molecule has 1 aliphatic rings. The van der Waals surface area contributed by atoms with Crippen LogP contribution in [0.5, 0.6) is 5.88 Å². The van der Waals surface area contributed by atoms with E-state index in [1.165, 1.54) is 12.6 Å². The summed E-state index contributed by atoms with van der Waals surface area (Å²) >= 11 is 0. The van der Waals surface area contributed by atoms with Gasteiger partial charge in [-0.3, -0.25) is 0 Å². The number of piperidine rings is 1. The van der Waals surface area contributed by atoms with Crippen molar-refractivity contribution in [2.45, 2.75) is 19.8 Å². The number of hydrogen-bond donors (Lipinski definition) is 2. The van der Waals surface area contributed by atoms with Gasteiger partial charge < -0.3 is 14.8 Å². The normalized spacial score (nSPS) is 19.5. The molecule has 18 heavy (non-hydrogen) atoms. The van der Waals surface area contributed by atoms with Crippen molar-refractivity contribution in [2.24, 2.45) is 5.92 Å². The average Bonchev–Trinajstić information content (AvgIpc) is 2.86. The second kappa shape index (κ2) is 6.39. The number of esters is 1. The number of carbonyl (C=O) groups is 1. The molecule has 1 saturated heterocycles. The van der Waals surface area contributed by atoms with Crippen LogP contribution in [0.25, 0.3) is 0 Å². The lowest BCUT2D eigenvalue weighted by atomic mass is 10.0. The lowest BCUT2D eigenvalue weighted by Crippen LogP contribution is -2.33. The molecule has 2 N–H and O–H groups in total. The van der Waals surface area contributed by atoms with Crippen LogP contribution in [0.2, 0.25) is 0 Å². The van der Waals surface area contributed by atoms with Crippen LogP contribution >= 0.6 is 0 Å². The van der Waals surface area contributed by atoms with Gasteiger partial charge in [-0.1, -0.05) is 0 Å². The van der Waals surface area contributed by atoms with E-state index in [0.29, 0.717) is 30.6 Å².